The molecule has 1 aliphatic rings. The van der Waals surface area contributed by atoms with Crippen LogP contribution in [0.1, 0.15) is 29.1 Å². The van der Waals surface area contributed by atoms with Crippen LogP contribution < -0.4 is 5.56 Å². The number of nitrogens with one attached hydrogen (secondary N) is 1. The van der Waals surface area contributed by atoms with Crippen molar-refractivity contribution in [2.24, 2.45) is 5.92 Å². The summed E-state index contributed by atoms with van der Waals surface area (Å²) in [5, 5.41) is 8.80. The van der Waals surface area contributed by atoms with E-state index in [1.54, 1.807) is 11.3 Å². The van der Waals surface area contributed by atoms with Crippen molar-refractivity contribution in [3.8, 4) is 11.4 Å². The number of para-hydroxylation sites is 1. The summed E-state index contributed by atoms with van der Waals surface area (Å²) in [5.74, 6) is 1.33. The molecule has 5 rings (SSSR count). The van der Waals surface area contributed by atoms with Gasteiger partial charge >= 0.3 is 0 Å². The number of H-pyrrole nitrogens is 1. The molecule has 4 aromatic rings. The summed E-state index contributed by atoms with van der Waals surface area (Å²) in [6.45, 7) is 1.29. The largest absolute Gasteiger partial charge is 0.339 e. The second kappa shape index (κ2) is 7.87. The maximum atomic E-state index is 13.2. The van der Waals surface area contributed by atoms with Gasteiger partial charge in [0.2, 0.25) is 17.3 Å². The molecular weight excluding hydrogens is 400 g/mol. The van der Waals surface area contributed by atoms with Crippen LogP contribution in [0.15, 0.2) is 56.5 Å². The molecule has 0 spiro atoms. The SMILES string of the molecule is O=C(c1cc(=O)[nH]c2ccccc12)N1CCCC(Cc2nc(-c3ccsc3)no2)C1. The van der Waals surface area contributed by atoms with E-state index in [4.69, 9.17) is 4.52 Å². The third-order valence-corrected chi connectivity index (χ3v) is 6.18. The Morgan fingerprint density at radius 2 is 2.20 bits per heavy atom. The summed E-state index contributed by atoms with van der Waals surface area (Å²) >= 11 is 1.59. The number of rotatable bonds is 4. The summed E-state index contributed by atoms with van der Waals surface area (Å²) in [4.78, 5) is 34.4. The molecule has 1 atom stereocenters. The van der Waals surface area contributed by atoms with E-state index in [-0.39, 0.29) is 17.4 Å². The number of likely N-dealkylation sites (tertiary alicyclic amines) is 1. The van der Waals surface area contributed by atoms with E-state index in [1.165, 1.54) is 6.07 Å². The molecule has 8 heteroatoms. The third kappa shape index (κ3) is 3.66. The number of fused-ring (bicyclic) bond motifs is 1. The highest BCUT2D eigenvalue weighted by atomic mass is 32.1. The highest BCUT2D eigenvalue weighted by Gasteiger charge is 2.27. The molecule has 0 saturated carbocycles. The van der Waals surface area contributed by atoms with E-state index in [9.17, 15) is 9.59 Å². The number of hydrogen-bond acceptors (Lipinski definition) is 6. The monoisotopic (exact) mass is 420 g/mol. The average Bonchev–Trinajstić information content (AvgIpc) is 3.45. The number of amides is 1. The number of carbonyl (C=O) groups excluding carboxylic acids is 1. The molecule has 0 aliphatic carbocycles. The van der Waals surface area contributed by atoms with E-state index in [1.807, 2.05) is 46.0 Å². The van der Waals surface area contributed by atoms with Crippen molar-refractivity contribution in [1.82, 2.24) is 20.0 Å². The fraction of sp³-hybridized carbons (Fsp3) is 0.273. The van der Waals surface area contributed by atoms with Crippen molar-refractivity contribution in [2.45, 2.75) is 19.3 Å². The molecule has 30 heavy (non-hydrogen) atoms. The predicted molar refractivity (Wildman–Crippen MR) is 115 cm³/mol. The molecular formula is C22H20N4O3S. The van der Waals surface area contributed by atoms with Gasteiger partial charge in [-0.15, -0.1) is 0 Å². The Hall–Kier alpha value is -3.26. The number of hydrogen-bond donors (Lipinski definition) is 1. The van der Waals surface area contributed by atoms with E-state index >= 15 is 0 Å². The summed E-state index contributed by atoms with van der Waals surface area (Å²) in [5.41, 5.74) is 1.82. The molecule has 1 fully saturated rings. The number of thiophene rings is 1. The molecule has 1 aliphatic heterocycles. The van der Waals surface area contributed by atoms with Gasteiger partial charge in [-0.2, -0.15) is 16.3 Å². The van der Waals surface area contributed by atoms with E-state index < -0.39 is 0 Å². The van der Waals surface area contributed by atoms with Crippen molar-refractivity contribution in [3.05, 3.63) is 69.0 Å². The molecule has 0 radical (unpaired) electrons. The van der Waals surface area contributed by atoms with Crippen LogP contribution in [0.4, 0.5) is 0 Å². The van der Waals surface area contributed by atoms with Crippen molar-refractivity contribution in [2.75, 3.05) is 13.1 Å². The van der Waals surface area contributed by atoms with Gasteiger partial charge in [0.1, 0.15) is 0 Å². The van der Waals surface area contributed by atoms with E-state index in [0.717, 1.165) is 23.8 Å². The Morgan fingerprint density at radius 3 is 3.07 bits per heavy atom. The smallest absolute Gasteiger partial charge is 0.254 e. The second-order valence-electron chi connectivity index (χ2n) is 7.58. The first kappa shape index (κ1) is 18.7. The number of aromatic amines is 1. The quantitative estimate of drug-likeness (QED) is 0.543. The summed E-state index contributed by atoms with van der Waals surface area (Å²) in [6.07, 6.45) is 2.54. The molecule has 4 heterocycles. The van der Waals surface area contributed by atoms with Gasteiger partial charge in [0.05, 0.1) is 5.56 Å². The zero-order valence-corrected chi connectivity index (χ0v) is 17.0. The van der Waals surface area contributed by atoms with Crippen LogP contribution in [-0.2, 0) is 6.42 Å². The Morgan fingerprint density at radius 1 is 1.30 bits per heavy atom. The maximum absolute atomic E-state index is 13.2. The summed E-state index contributed by atoms with van der Waals surface area (Å²) < 4.78 is 5.44. The normalized spacial score (nSPS) is 16.8. The number of pyridine rings is 1. The molecule has 152 valence electrons. The molecule has 1 amide bonds. The van der Waals surface area contributed by atoms with Gasteiger partial charge in [-0.25, -0.2) is 0 Å². The Labute approximate surface area is 176 Å². The van der Waals surface area contributed by atoms with E-state index in [0.29, 0.717) is 42.3 Å². The molecule has 0 bridgehead atoms. The predicted octanol–water partition coefficient (Wildman–Crippen LogP) is 3.73. The molecule has 1 N–H and O–H groups in total. The van der Waals surface area contributed by atoms with Crippen molar-refractivity contribution in [3.63, 3.8) is 0 Å². The molecule has 1 saturated heterocycles. The van der Waals surface area contributed by atoms with Crippen LogP contribution in [0.5, 0.6) is 0 Å². The fourth-order valence-corrected chi connectivity index (χ4v) is 4.70. The highest BCUT2D eigenvalue weighted by molar-refractivity contribution is 7.08. The van der Waals surface area contributed by atoms with Gasteiger partial charge in [0.25, 0.3) is 5.91 Å². The first-order valence-electron chi connectivity index (χ1n) is 9.94. The first-order chi connectivity index (χ1) is 14.7. The lowest BCUT2D eigenvalue weighted by molar-refractivity contribution is 0.0670. The van der Waals surface area contributed by atoms with Crippen LogP contribution in [0, 0.1) is 5.92 Å². The summed E-state index contributed by atoms with van der Waals surface area (Å²) in [6, 6.07) is 10.8. The standard InChI is InChI=1S/C22H20N4O3S/c27-19-11-17(16-5-1-2-6-18(16)23-19)22(28)26-8-3-4-14(12-26)10-20-24-21(25-29-20)15-7-9-30-13-15/h1-2,5-7,9,11,13-14H,3-4,8,10,12H2,(H,23,27). The summed E-state index contributed by atoms with van der Waals surface area (Å²) in [7, 11) is 0. The van der Waals surface area contributed by atoms with Crippen LogP contribution in [0.25, 0.3) is 22.3 Å². The number of carbonyl (C=O) groups is 1. The number of piperidine rings is 1. The van der Waals surface area contributed by atoms with Gasteiger partial charge in [-0.3, -0.25) is 9.59 Å². The van der Waals surface area contributed by atoms with Crippen LogP contribution in [0.2, 0.25) is 0 Å². The van der Waals surface area contributed by atoms with Gasteiger partial charge < -0.3 is 14.4 Å². The first-order valence-corrected chi connectivity index (χ1v) is 10.9. The molecule has 1 aromatic carbocycles. The minimum absolute atomic E-state index is 0.105. The average molecular weight is 420 g/mol. The lowest BCUT2D eigenvalue weighted by Gasteiger charge is -2.32. The molecule has 7 nitrogen and oxygen atoms in total. The lowest BCUT2D eigenvalue weighted by atomic mass is 9.94. The maximum Gasteiger partial charge on any atom is 0.254 e. The number of nitrogens with zero attached hydrogens (tertiary/aromatic N) is 3. The van der Waals surface area contributed by atoms with E-state index in [2.05, 4.69) is 15.1 Å². The third-order valence-electron chi connectivity index (χ3n) is 5.50. The van der Waals surface area contributed by atoms with Gasteiger partial charge in [-0.1, -0.05) is 23.4 Å². The van der Waals surface area contributed by atoms with Gasteiger partial charge in [0, 0.05) is 47.4 Å². The Bertz CT molecular complexity index is 1240. The van der Waals surface area contributed by atoms with Crippen molar-refractivity contribution >= 4 is 28.1 Å². The second-order valence-corrected chi connectivity index (χ2v) is 8.36. The van der Waals surface area contributed by atoms with Crippen LogP contribution >= 0.6 is 11.3 Å². The van der Waals surface area contributed by atoms with Crippen LogP contribution in [0.3, 0.4) is 0 Å². The zero-order chi connectivity index (χ0) is 20.5. The molecule has 3 aromatic heterocycles. The van der Waals surface area contributed by atoms with Gasteiger partial charge in [-0.05, 0) is 36.3 Å². The Balaban J connectivity index is 1.33. The number of aromatic nitrogens is 3. The minimum atomic E-state index is -0.266. The minimum Gasteiger partial charge on any atom is -0.339 e. The molecule has 1 unspecified atom stereocenters. The number of benzene rings is 1. The van der Waals surface area contributed by atoms with Crippen molar-refractivity contribution in [1.29, 1.82) is 0 Å². The Kier molecular flexibility index (Phi) is 4.92. The topological polar surface area (TPSA) is 92.1 Å². The fourth-order valence-electron chi connectivity index (χ4n) is 4.06. The van der Waals surface area contributed by atoms with Crippen LogP contribution in [-0.4, -0.2) is 39.0 Å². The lowest BCUT2D eigenvalue weighted by Crippen LogP contribution is -2.41. The highest BCUT2D eigenvalue weighted by Crippen LogP contribution is 2.25. The van der Waals surface area contributed by atoms with Crippen molar-refractivity contribution < 1.29 is 9.32 Å². The zero-order valence-electron chi connectivity index (χ0n) is 16.2. The van der Waals surface area contributed by atoms with Gasteiger partial charge in [0.15, 0.2) is 0 Å².